The van der Waals surface area contributed by atoms with Crippen LogP contribution in [0.3, 0.4) is 0 Å². The Balaban J connectivity index is 1.79. The molecule has 0 aromatic heterocycles. The Bertz CT molecular complexity index is 654. The second kappa shape index (κ2) is 7.68. The average molecular weight is 299 g/mol. The van der Waals surface area contributed by atoms with Gasteiger partial charge in [-0.1, -0.05) is 6.07 Å². The zero-order chi connectivity index (χ0) is 15.8. The second-order valence-corrected chi connectivity index (χ2v) is 4.47. The number of carbonyl (C=O) groups excluding carboxylic acids is 1. The van der Waals surface area contributed by atoms with E-state index >= 15 is 0 Å². The van der Waals surface area contributed by atoms with E-state index in [4.69, 9.17) is 9.84 Å². The molecule has 3 N–H and O–H groups in total. The molecule has 0 unspecified atom stereocenters. The molecule has 0 fully saturated rings. The molecule has 2 aromatic rings. The van der Waals surface area contributed by atoms with Crippen LogP contribution in [0.15, 0.2) is 53.6 Å². The van der Waals surface area contributed by atoms with Gasteiger partial charge in [0.1, 0.15) is 11.5 Å². The Kier molecular flexibility index (Phi) is 5.37. The number of carbonyl (C=O) groups is 1. The van der Waals surface area contributed by atoms with Crippen LogP contribution < -0.4 is 15.5 Å². The van der Waals surface area contributed by atoms with Gasteiger partial charge in [-0.25, -0.2) is 5.43 Å². The van der Waals surface area contributed by atoms with Crippen molar-refractivity contribution < 1.29 is 14.6 Å². The molecule has 22 heavy (non-hydrogen) atoms. The van der Waals surface area contributed by atoms with Crippen LogP contribution in [-0.2, 0) is 4.79 Å². The molecule has 0 saturated heterocycles. The second-order valence-electron chi connectivity index (χ2n) is 4.47. The van der Waals surface area contributed by atoms with Crippen LogP contribution in [0.1, 0.15) is 5.56 Å². The molecule has 0 atom stereocenters. The van der Waals surface area contributed by atoms with E-state index in [1.54, 1.807) is 37.4 Å². The fourth-order valence-corrected chi connectivity index (χ4v) is 1.69. The van der Waals surface area contributed by atoms with Gasteiger partial charge in [-0.15, -0.1) is 0 Å². The highest BCUT2D eigenvalue weighted by molar-refractivity contribution is 5.84. The van der Waals surface area contributed by atoms with Gasteiger partial charge in [0.15, 0.2) is 0 Å². The van der Waals surface area contributed by atoms with Gasteiger partial charge in [0.2, 0.25) is 0 Å². The fourth-order valence-electron chi connectivity index (χ4n) is 1.69. The number of aromatic hydroxyl groups is 1. The molecule has 2 rings (SSSR count). The number of rotatable bonds is 6. The van der Waals surface area contributed by atoms with E-state index in [0.717, 1.165) is 17.0 Å². The Morgan fingerprint density at radius 2 is 2.05 bits per heavy atom. The quantitative estimate of drug-likeness (QED) is 0.562. The molecule has 114 valence electrons. The molecule has 0 spiro atoms. The Morgan fingerprint density at radius 1 is 1.27 bits per heavy atom. The number of anilines is 1. The van der Waals surface area contributed by atoms with E-state index in [1.807, 2.05) is 18.2 Å². The third-order valence-corrected chi connectivity index (χ3v) is 2.82. The highest BCUT2D eigenvalue weighted by atomic mass is 16.5. The largest absolute Gasteiger partial charge is 0.508 e. The van der Waals surface area contributed by atoms with Gasteiger partial charge >= 0.3 is 0 Å². The summed E-state index contributed by atoms with van der Waals surface area (Å²) in [5.41, 5.74) is 3.98. The van der Waals surface area contributed by atoms with Gasteiger partial charge in [0.05, 0.1) is 19.9 Å². The van der Waals surface area contributed by atoms with E-state index in [2.05, 4.69) is 15.8 Å². The van der Waals surface area contributed by atoms with Crippen LogP contribution in [-0.4, -0.2) is 30.9 Å². The number of hydrogen-bond donors (Lipinski definition) is 3. The summed E-state index contributed by atoms with van der Waals surface area (Å²) in [4.78, 5) is 11.7. The first-order valence-corrected chi connectivity index (χ1v) is 6.66. The molecule has 0 bridgehead atoms. The van der Waals surface area contributed by atoms with Crippen molar-refractivity contribution in [2.75, 3.05) is 19.0 Å². The minimum absolute atomic E-state index is 0.0973. The molecule has 0 aliphatic carbocycles. The summed E-state index contributed by atoms with van der Waals surface area (Å²) in [5, 5.41) is 16.0. The standard InChI is InChI=1S/C16H17N3O3/c1-22-15-4-2-3-13(9-15)17-11-16(21)19-18-10-12-5-7-14(20)8-6-12/h2-10,17,20H,11H2,1H3,(H,19,21)/b18-10+. The summed E-state index contributed by atoms with van der Waals surface area (Å²) >= 11 is 0. The molecular weight excluding hydrogens is 282 g/mol. The van der Waals surface area contributed by atoms with Crippen molar-refractivity contribution in [3.05, 3.63) is 54.1 Å². The SMILES string of the molecule is COc1cccc(NCC(=O)N/N=C/c2ccc(O)cc2)c1. The van der Waals surface area contributed by atoms with Crippen LogP contribution in [0.2, 0.25) is 0 Å². The van der Waals surface area contributed by atoms with Crippen molar-refractivity contribution in [3.63, 3.8) is 0 Å². The van der Waals surface area contributed by atoms with Crippen LogP contribution in [0.25, 0.3) is 0 Å². The number of methoxy groups -OCH3 is 1. The molecular formula is C16H17N3O3. The van der Waals surface area contributed by atoms with E-state index < -0.39 is 0 Å². The lowest BCUT2D eigenvalue weighted by Crippen LogP contribution is -2.25. The lowest BCUT2D eigenvalue weighted by Gasteiger charge is -2.06. The summed E-state index contributed by atoms with van der Waals surface area (Å²) in [5.74, 6) is 0.636. The van der Waals surface area contributed by atoms with Gasteiger partial charge in [-0.3, -0.25) is 4.79 Å². The number of hydrazone groups is 1. The van der Waals surface area contributed by atoms with E-state index in [-0.39, 0.29) is 18.2 Å². The monoisotopic (exact) mass is 299 g/mol. The number of nitrogens with zero attached hydrogens (tertiary/aromatic N) is 1. The van der Waals surface area contributed by atoms with Crippen LogP contribution >= 0.6 is 0 Å². The fraction of sp³-hybridized carbons (Fsp3) is 0.125. The van der Waals surface area contributed by atoms with Crippen molar-refractivity contribution in [2.24, 2.45) is 5.10 Å². The van der Waals surface area contributed by atoms with Gasteiger partial charge in [0.25, 0.3) is 5.91 Å². The molecule has 2 aromatic carbocycles. The van der Waals surface area contributed by atoms with Crippen LogP contribution in [0.5, 0.6) is 11.5 Å². The third-order valence-electron chi connectivity index (χ3n) is 2.82. The smallest absolute Gasteiger partial charge is 0.259 e. The predicted octanol–water partition coefficient (Wildman–Crippen LogP) is 1.96. The van der Waals surface area contributed by atoms with E-state index in [0.29, 0.717) is 0 Å². The van der Waals surface area contributed by atoms with Crippen molar-refractivity contribution in [1.29, 1.82) is 0 Å². The van der Waals surface area contributed by atoms with E-state index in [1.165, 1.54) is 6.21 Å². The van der Waals surface area contributed by atoms with Crippen molar-refractivity contribution in [3.8, 4) is 11.5 Å². The number of nitrogens with one attached hydrogen (secondary N) is 2. The summed E-state index contributed by atoms with van der Waals surface area (Å²) in [6.07, 6.45) is 1.50. The normalized spacial score (nSPS) is 10.4. The molecule has 0 radical (unpaired) electrons. The number of hydrogen-bond acceptors (Lipinski definition) is 5. The first-order valence-electron chi connectivity index (χ1n) is 6.66. The zero-order valence-electron chi connectivity index (χ0n) is 12.1. The lowest BCUT2D eigenvalue weighted by atomic mass is 10.2. The highest BCUT2D eigenvalue weighted by Gasteiger charge is 2.00. The summed E-state index contributed by atoms with van der Waals surface area (Å²) in [7, 11) is 1.59. The Labute approximate surface area is 128 Å². The highest BCUT2D eigenvalue weighted by Crippen LogP contribution is 2.16. The number of phenolic OH excluding ortho intramolecular Hbond substituents is 1. The van der Waals surface area contributed by atoms with Crippen molar-refractivity contribution in [1.82, 2.24) is 5.43 Å². The minimum atomic E-state index is -0.266. The molecule has 0 saturated carbocycles. The molecule has 0 aliphatic rings. The Hall–Kier alpha value is -3.02. The first-order chi connectivity index (χ1) is 10.7. The maximum absolute atomic E-state index is 11.7. The van der Waals surface area contributed by atoms with E-state index in [9.17, 15) is 4.79 Å². The molecule has 6 heteroatoms. The summed E-state index contributed by atoms with van der Waals surface area (Å²) < 4.78 is 5.10. The third kappa shape index (κ3) is 4.82. The van der Waals surface area contributed by atoms with Crippen LogP contribution in [0, 0.1) is 0 Å². The van der Waals surface area contributed by atoms with Crippen LogP contribution in [0.4, 0.5) is 5.69 Å². The Morgan fingerprint density at radius 3 is 2.77 bits per heavy atom. The van der Waals surface area contributed by atoms with Gasteiger partial charge in [-0.05, 0) is 42.0 Å². The molecule has 0 heterocycles. The van der Waals surface area contributed by atoms with Crippen molar-refractivity contribution >= 4 is 17.8 Å². The van der Waals surface area contributed by atoms with Gasteiger partial charge in [0, 0.05) is 11.8 Å². The first kappa shape index (κ1) is 15.4. The number of phenols is 1. The minimum Gasteiger partial charge on any atom is -0.508 e. The van der Waals surface area contributed by atoms with Crippen molar-refractivity contribution in [2.45, 2.75) is 0 Å². The van der Waals surface area contributed by atoms with Gasteiger partial charge in [-0.2, -0.15) is 5.10 Å². The lowest BCUT2D eigenvalue weighted by molar-refractivity contribution is -0.119. The number of ether oxygens (including phenoxy) is 1. The number of benzene rings is 2. The topological polar surface area (TPSA) is 83.0 Å². The summed E-state index contributed by atoms with van der Waals surface area (Å²) in [6, 6.07) is 13.8. The maximum atomic E-state index is 11.7. The predicted molar refractivity (Wildman–Crippen MR) is 85.3 cm³/mol. The number of amides is 1. The molecule has 1 amide bonds. The molecule has 6 nitrogen and oxygen atoms in total. The summed E-state index contributed by atoms with van der Waals surface area (Å²) in [6.45, 7) is 0.0973. The zero-order valence-corrected chi connectivity index (χ0v) is 12.1. The van der Waals surface area contributed by atoms with Gasteiger partial charge < -0.3 is 15.2 Å². The average Bonchev–Trinajstić information content (AvgIpc) is 2.55. The maximum Gasteiger partial charge on any atom is 0.259 e. The molecule has 0 aliphatic heterocycles.